The van der Waals surface area contributed by atoms with E-state index in [4.69, 9.17) is 9.52 Å². The molecule has 0 fully saturated rings. The fourth-order valence-electron chi connectivity index (χ4n) is 1.13. The molecule has 0 aliphatic heterocycles. The average Bonchev–Trinajstić information content (AvgIpc) is 2.72. The minimum atomic E-state index is -1.09. The summed E-state index contributed by atoms with van der Waals surface area (Å²) in [6, 6.07) is 2.99. The van der Waals surface area contributed by atoms with Gasteiger partial charge in [-0.3, -0.25) is 4.79 Å². The smallest absolute Gasteiger partial charge is 0.371 e. The Morgan fingerprint density at radius 1 is 1.44 bits per heavy atom. The van der Waals surface area contributed by atoms with E-state index in [1.165, 1.54) is 6.07 Å². The van der Waals surface area contributed by atoms with E-state index in [0.717, 1.165) is 0 Å². The molecule has 0 spiro atoms. The van der Waals surface area contributed by atoms with Crippen LogP contribution in [0.25, 0.3) is 0 Å². The molecule has 0 aliphatic rings. The van der Waals surface area contributed by atoms with Crippen LogP contribution >= 0.6 is 0 Å². The number of hydrogen-bond donors (Lipinski definition) is 3. The highest BCUT2D eigenvalue weighted by Gasteiger charge is 2.08. The standard InChI is InChI=1S/C10H14N2O4/c1-11-9(13)4-5-12-6-7-2-3-8(16-7)10(14)15/h2-3,12H,4-6H2,1H3,(H,11,13)(H,14,15). The van der Waals surface area contributed by atoms with Gasteiger partial charge in [0.2, 0.25) is 11.7 Å². The second-order valence-corrected chi connectivity index (χ2v) is 3.17. The van der Waals surface area contributed by atoms with E-state index in [-0.39, 0.29) is 11.7 Å². The van der Waals surface area contributed by atoms with Gasteiger partial charge in [-0.1, -0.05) is 0 Å². The van der Waals surface area contributed by atoms with Crippen LogP contribution in [0.15, 0.2) is 16.5 Å². The summed E-state index contributed by atoms with van der Waals surface area (Å²) in [5.41, 5.74) is 0. The van der Waals surface area contributed by atoms with Gasteiger partial charge in [-0.2, -0.15) is 0 Å². The number of carbonyl (C=O) groups excluding carboxylic acids is 1. The van der Waals surface area contributed by atoms with Crippen molar-refractivity contribution in [2.45, 2.75) is 13.0 Å². The molecule has 3 N–H and O–H groups in total. The number of rotatable bonds is 6. The van der Waals surface area contributed by atoms with E-state index in [2.05, 4.69) is 10.6 Å². The fourth-order valence-corrected chi connectivity index (χ4v) is 1.13. The molecule has 1 rings (SSSR count). The van der Waals surface area contributed by atoms with Crippen molar-refractivity contribution in [1.82, 2.24) is 10.6 Å². The van der Waals surface area contributed by atoms with Gasteiger partial charge < -0.3 is 20.2 Å². The molecule has 0 unspecified atom stereocenters. The van der Waals surface area contributed by atoms with Gasteiger partial charge in [0.05, 0.1) is 6.54 Å². The number of nitrogens with one attached hydrogen (secondary N) is 2. The molecule has 1 amide bonds. The second kappa shape index (κ2) is 5.92. The topological polar surface area (TPSA) is 91.6 Å². The van der Waals surface area contributed by atoms with E-state index in [0.29, 0.717) is 25.3 Å². The van der Waals surface area contributed by atoms with E-state index >= 15 is 0 Å². The third kappa shape index (κ3) is 3.74. The lowest BCUT2D eigenvalue weighted by molar-refractivity contribution is -0.120. The van der Waals surface area contributed by atoms with Gasteiger partial charge in [-0.15, -0.1) is 0 Å². The highest BCUT2D eigenvalue weighted by Crippen LogP contribution is 2.07. The molecule has 0 aliphatic carbocycles. The van der Waals surface area contributed by atoms with Crippen molar-refractivity contribution in [2.75, 3.05) is 13.6 Å². The fraction of sp³-hybridized carbons (Fsp3) is 0.400. The predicted octanol–water partition coefficient (Wildman–Crippen LogP) is 0.203. The van der Waals surface area contributed by atoms with E-state index in [9.17, 15) is 9.59 Å². The number of amides is 1. The molecule has 6 heteroatoms. The van der Waals surface area contributed by atoms with Crippen molar-refractivity contribution in [3.8, 4) is 0 Å². The summed E-state index contributed by atoms with van der Waals surface area (Å²) in [7, 11) is 1.58. The number of carboxylic acid groups (broad SMARTS) is 1. The molecule has 0 radical (unpaired) electrons. The zero-order chi connectivity index (χ0) is 12.0. The van der Waals surface area contributed by atoms with Crippen LogP contribution < -0.4 is 10.6 Å². The van der Waals surface area contributed by atoms with Gasteiger partial charge in [-0.05, 0) is 12.1 Å². The zero-order valence-electron chi connectivity index (χ0n) is 8.95. The maximum atomic E-state index is 10.9. The van der Waals surface area contributed by atoms with Crippen LogP contribution in [0.2, 0.25) is 0 Å². The van der Waals surface area contributed by atoms with Crippen LogP contribution in [0.1, 0.15) is 22.7 Å². The van der Waals surface area contributed by atoms with Crippen LogP contribution in [0.3, 0.4) is 0 Å². The minimum Gasteiger partial charge on any atom is -0.475 e. The molecular formula is C10H14N2O4. The maximum Gasteiger partial charge on any atom is 0.371 e. The number of hydrogen-bond acceptors (Lipinski definition) is 4. The molecule has 0 aromatic carbocycles. The summed E-state index contributed by atoms with van der Waals surface area (Å²) in [4.78, 5) is 21.4. The lowest BCUT2D eigenvalue weighted by Gasteiger charge is -2.01. The lowest BCUT2D eigenvalue weighted by Crippen LogP contribution is -2.24. The third-order valence-electron chi connectivity index (χ3n) is 1.98. The summed E-state index contributed by atoms with van der Waals surface area (Å²) >= 11 is 0. The Morgan fingerprint density at radius 2 is 2.19 bits per heavy atom. The van der Waals surface area contributed by atoms with Crippen molar-refractivity contribution >= 4 is 11.9 Å². The predicted molar refractivity (Wildman–Crippen MR) is 56.1 cm³/mol. The van der Waals surface area contributed by atoms with E-state index < -0.39 is 5.97 Å². The molecule has 1 heterocycles. The largest absolute Gasteiger partial charge is 0.475 e. The first-order valence-electron chi connectivity index (χ1n) is 4.87. The quantitative estimate of drug-likeness (QED) is 0.603. The minimum absolute atomic E-state index is 0.0434. The summed E-state index contributed by atoms with van der Waals surface area (Å²) in [6.07, 6.45) is 0.378. The molecule has 1 aromatic heterocycles. The Kier molecular flexibility index (Phi) is 4.53. The Bertz CT molecular complexity index is 373. The first-order valence-corrected chi connectivity index (χ1v) is 4.87. The van der Waals surface area contributed by atoms with E-state index in [1.54, 1.807) is 13.1 Å². The molecule has 88 valence electrons. The number of furan rings is 1. The van der Waals surface area contributed by atoms with Gasteiger partial charge in [0.1, 0.15) is 5.76 Å². The Labute approximate surface area is 92.6 Å². The Morgan fingerprint density at radius 3 is 2.75 bits per heavy atom. The molecule has 0 atom stereocenters. The first-order chi connectivity index (χ1) is 7.63. The Balaban J connectivity index is 2.27. The lowest BCUT2D eigenvalue weighted by atomic mass is 10.4. The molecule has 16 heavy (non-hydrogen) atoms. The molecule has 0 bridgehead atoms. The van der Waals surface area contributed by atoms with Crippen molar-refractivity contribution in [3.05, 3.63) is 23.7 Å². The highest BCUT2D eigenvalue weighted by atomic mass is 16.4. The maximum absolute atomic E-state index is 10.9. The van der Waals surface area contributed by atoms with Crippen LogP contribution in [0.5, 0.6) is 0 Å². The molecule has 0 saturated heterocycles. The van der Waals surface area contributed by atoms with Gasteiger partial charge in [0.25, 0.3) is 0 Å². The third-order valence-corrected chi connectivity index (χ3v) is 1.98. The SMILES string of the molecule is CNC(=O)CCNCc1ccc(C(=O)O)o1. The van der Waals surface area contributed by atoms with Gasteiger partial charge in [-0.25, -0.2) is 4.79 Å². The van der Waals surface area contributed by atoms with Crippen LogP contribution in [-0.2, 0) is 11.3 Å². The molecule has 0 saturated carbocycles. The van der Waals surface area contributed by atoms with Gasteiger partial charge in [0, 0.05) is 20.0 Å². The monoisotopic (exact) mass is 226 g/mol. The van der Waals surface area contributed by atoms with Crippen molar-refractivity contribution in [1.29, 1.82) is 0 Å². The molecule has 6 nitrogen and oxygen atoms in total. The van der Waals surface area contributed by atoms with Gasteiger partial charge >= 0.3 is 5.97 Å². The van der Waals surface area contributed by atoms with E-state index in [1.807, 2.05) is 0 Å². The molecule has 1 aromatic rings. The van der Waals surface area contributed by atoms with Crippen molar-refractivity contribution in [3.63, 3.8) is 0 Å². The highest BCUT2D eigenvalue weighted by molar-refractivity contribution is 5.84. The van der Waals surface area contributed by atoms with Crippen molar-refractivity contribution in [2.24, 2.45) is 0 Å². The number of carboxylic acids is 1. The van der Waals surface area contributed by atoms with Crippen molar-refractivity contribution < 1.29 is 19.1 Å². The van der Waals surface area contributed by atoms with Crippen LogP contribution in [0, 0.1) is 0 Å². The molecular weight excluding hydrogens is 212 g/mol. The summed E-state index contributed by atoms with van der Waals surface area (Å²) in [5, 5.41) is 14.1. The normalized spacial score (nSPS) is 10.1. The average molecular weight is 226 g/mol. The number of carbonyl (C=O) groups is 2. The first kappa shape index (κ1) is 12.3. The summed E-state index contributed by atoms with van der Waals surface area (Å²) < 4.78 is 5.02. The van der Waals surface area contributed by atoms with Gasteiger partial charge in [0.15, 0.2) is 0 Å². The zero-order valence-corrected chi connectivity index (χ0v) is 8.95. The Hall–Kier alpha value is -1.82. The van der Waals surface area contributed by atoms with Crippen LogP contribution in [0.4, 0.5) is 0 Å². The second-order valence-electron chi connectivity index (χ2n) is 3.17. The number of aromatic carboxylic acids is 1. The summed E-state index contributed by atoms with van der Waals surface area (Å²) in [6.45, 7) is 0.924. The van der Waals surface area contributed by atoms with Crippen LogP contribution in [-0.4, -0.2) is 30.6 Å². The summed E-state index contributed by atoms with van der Waals surface area (Å²) in [5.74, 6) is -0.674.